The Bertz CT molecular complexity index is 234. The van der Waals surface area contributed by atoms with Gasteiger partial charge in [0.05, 0.1) is 12.5 Å². The average molecular weight is 201 g/mol. The molecule has 1 atom stereocenters. The van der Waals surface area contributed by atoms with E-state index in [4.69, 9.17) is 10.00 Å². The molecule has 0 aromatic heterocycles. The zero-order valence-electron chi connectivity index (χ0n) is 6.23. The van der Waals surface area contributed by atoms with Gasteiger partial charge in [-0.25, -0.2) is 0 Å². The van der Waals surface area contributed by atoms with Crippen LogP contribution in [0.5, 0.6) is 0 Å². The quantitative estimate of drug-likeness (QED) is 0.395. The molecule has 5 heteroatoms. The Morgan fingerprint density at radius 2 is 2.58 bits per heavy atom. The van der Waals surface area contributed by atoms with Crippen LogP contribution in [0.2, 0.25) is 0 Å². The molecule has 0 fully saturated rings. The number of nitrogens with zero attached hydrogens (tertiary/aromatic N) is 1. The maximum atomic E-state index is 11.1. The van der Waals surface area contributed by atoms with Gasteiger partial charge in [0.15, 0.2) is 0 Å². The van der Waals surface area contributed by atoms with E-state index in [0.717, 1.165) is 0 Å². The summed E-state index contributed by atoms with van der Waals surface area (Å²) in [6.07, 6.45) is 2.06. The van der Waals surface area contributed by atoms with Gasteiger partial charge in [0.25, 0.3) is 0 Å². The van der Waals surface area contributed by atoms with Gasteiger partial charge in [-0.15, -0.1) is 0 Å². The number of carbonyl (C=O) groups excluding carboxylic acids is 1. The Morgan fingerprint density at radius 1 is 1.75 bits per heavy atom. The zero-order chi connectivity index (χ0) is 8.81. The topological polar surface area (TPSA) is 50.1 Å². The second-order valence-electron chi connectivity index (χ2n) is 2.02. The summed E-state index contributed by atoms with van der Waals surface area (Å²) in [5.41, 5.74) is 0. The van der Waals surface area contributed by atoms with Crippen molar-refractivity contribution in [3.63, 3.8) is 0 Å². The first-order valence-electron chi connectivity index (χ1n) is 3.37. The number of hydrogen-bond donors (Lipinski definition) is 0. The molecule has 0 saturated carbocycles. The van der Waals surface area contributed by atoms with Crippen molar-refractivity contribution in [1.29, 1.82) is 5.26 Å². The van der Waals surface area contributed by atoms with Gasteiger partial charge in [-0.05, 0) is 5.41 Å². The Balaban J connectivity index is 2.20. The summed E-state index contributed by atoms with van der Waals surface area (Å²) in [6.45, 7) is 0.199. The van der Waals surface area contributed by atoms with E-state index in [-0.39, 0.29) is 24.2 Å². The highest BCUT2D eigenvalue weighted by molar-refractivity contribution is 8.78. The van der Waals surface area contributed by atoms with E-state index >= 15 is 0 Å². The number of ether oxygens (including phenoxy) is 1. The van der Waals surface area contributed by atoms with Gasteiger partial charge in [0.1, 0.15) is 11.9 Å². The number of esters is 1. The molecule has 0 aromatic carbocycles. The smallest absolute Gasteiger partial charge is 0.323 e. The van der Waals surface area contributed by atoms with Crippen LogP contribution in [-0.4, -0.2) is 17.8 Å². The van der Waals surface area contributed by atoms with Crippen molar-refractivity contribution in [3.05, 3.63) is 11.5 Å². The fraction of sp³-hybridized carbons (Fsp3) is 0.429. The monoisotopic (exact) mass is 201 g/mol. The molecule has 0 aromatic rings. The van der Waals surface area contributed by atoms with Crippen LogP contribution in [0.25, 0.3) is 0 Å². The molecule has 64 valence electrons. The third-order valence-electron chi connectivity index (χ3n) is 1.16. The largest absolute Gasteiger partial charge is 0.464 e. The third kappa shape index (κ3) is 2.80. The Hall–Kier alpha value is -0.600. The minimum Gasteiger partial charge on any atom is -0.464 e. The lowest BCUT2D eigenvalue weighted by atomic mass is 10.4. The van der Waals surface area contributed by atoms with E-state index in [2.05, 4.69) is 0 Å². The molecule has 0 amide bonds. The van der Waals surface area contributed by atoms with Crippen LogP contribution < -0.4 is 0 Å². The lowest BCUT2D eigenvalue weighted by Gasteiger charge is -2.04. The van der Waals surface area contributed by atoms with Crippen LogP contribution in [0.4, 0.5) is 0 Å². The summed E-state index contributed by atoms with van der Waals surface area (Å²) in [4.78, 5) is 11.1. The maximum Gasteiger partial charge on any atom is 0.323 e. The predicted molar refractivity (Wildman–Crippen MR) is 49.3 cm³/mol. The maximum absolute atomic E-state index is 11.1. The molecule has 1 aliphatic heterocycles. The SMILES string of the molecule is N#CCCOC(=O)C1C=CSS1. The molecule has 0 N–H and O–H groups in total. The van der Waals surface area contributed by atoms with E-state index < -0.39 is 0 Å². The standard InChI is InChI=1S/C7H7NO2S2/c8-3-1-4-10-7(9)6-2-5-11-12-6/h2,5-6H,1,4H2. The first kappa shape index (κ1) is 9.49. The van der Waals surface area contributed by atoms with Crippen molar-refractivity contribution < 1.29 is 9.53 Å². The normalized spacial score (nSPS) is 20.4. The molecule has 1 rings (SSSR count). The van der Waals surface area contributed by atoms with E-state index in [9.17, 15) is 4.79 Å². The van der Waals surface area contributed by atoms with Gasteiger partial charge in [-0.2, -0.15) is 5.26 Å². The van der Waals surface area contributed by atoms with Crippen LogP contribution in [0.3, 0.4) is 0 Å². The summed E-state index contributed by atoms with van der Waals surface area (Å²) < 4.78 is 4.82. The molecule has 12 heavy (non-hydrogen) atoms. The molecular weight excluding hydrogens is 194 g/mol. The van der Waals surface area contributed by atoms with Crippen molar-refractivity contribution >= 4 is 27.6 Å². The minimum absolute atomic E-state index is 0.186. The number of hydrogen-bond acceptors (Lipinski definition) is 5. The van der Waals surface area contributed by atoms with E-state index in [1.807, 2.05) is 11.5 Å². The number of carbonyl (C=O) groups is 1. The van der Waals surface area contributed by atoms with Crippen molar-refractivity contribution in [2.45, 2.75) is 11.7 Å². The van der Waals surface area contributed by atoms with Gasteiger partial charge in [0.2, 0.25) is 0 Å². The van der Waals surface area contributed by atoms with Crippen LogP contribution in [-0.2, 0) is 9.53 Å². The van der Waals surface area contributed by atoms with Crippen LogP contribution in [0.15, 0.2) is 11.5 Å². The van der Waals surface area contributed by atoms with E-state index in [0.29, 0.717) is 0 Å². The first-order valence-corrected chi connectivity index (χ1v) is 5.64. The van der Waals surface area contributed by atoms with Gasteiger partial charge in [-0.3, -0.25) is 4.79 Å². The highest BCUT2D eigenvalue weighted by atomic mass is 33.1. The van der Waals surface area contributed by atoms with Gasteiger partial charge in [0, 0.05) is 0 Å². The Labute approximate surface area is 78.5 Å². The third-order valence-corrected chi connectivity index (χ3v) is 3.38. The molecule has 0 aliphatic carbocycles. The number of rotatable bonds is 3. The highest BCUT2D eigenvalue weighted by Gasteiger charge is 2.20. The first-order chi connectivity index (χ1) is 5.84. The molecule has 1 aliphatic rings. The summed E-state index contributed by atoms with van der Waals surface area (Å²) in [5.74, 6) is -0.253. The lowest BCUT2D eigenvalue weighted by molar-refractivity contribution is -0.141. The fourth-order valence-corrected chi connectivity index (χ4v) is 2.59. The minimum atomic E-state index is -0.253. The average Bonchev–Trinajstić information content (AvgIpc) is 2.56. The van der Waals surface area contributed by atoms with Crippen molar-refractivity contribution in [2.75, 3.05) is 6.61 Å². The molecule has 0 radical (unpaired) electrons. The second kappa shape index (κ2) is 5.12. The molecule has 1 heterocycles. The molecule has 3 nitrogen and oxygen atoms in total. The Morgan fingerprint density at radius 3 is 3.17 bits per heavy atom. The van der Waals surface area contributed by atoms with E-state index in [1.54, 1.807) is 6.08 Å². The van der Waals surface area contributed by atoms with Crippen LogP contribution in [0, 0.1) is 11.3 Å². The zero-order valence-corrected chi connectivity index (χ0v) is 7.86. The summed E-state index contributed by atoms with van der Waals surface area (Å²) in [5, 5.41) is 9.86. The molecule has 0 saturated heterocycles. The summed E-state index contributed by atoms with van der Waals surface area (Å²) in [6, 6.07) is 1.91. The van der Waals surface area contributed by atoms with Gasteiger partial charge < -0.3 is 4.74 Å². The van der Waals surface area contributed by atoms with Crippen molar-refractivity contribution in [3.8, 4) is 6.07 Å². The van der Waals surface area contributed by atoms with Crippen LogP contribution >= 0.6 is 21.6 Å². The summed E-state index contributed by atoms with van der Waals surface area (Å²) >= 11 is 0. The molecular formula is C7H7NO2S2. The fourth-order valence-electron chi connectivity index (χ4n) is 0.625. The molecule has 0 bridgehead atoms. The Kier molecular flexibility index (Phi) is 4.05. The summed E-state index contributed by atoms with van der Waals surface area (Å²) in [7, 11) is 2.98. The second-order valence-corrected chi connectivity index (χ2v) is 4.34. The van der Waals surface area contributed by atoms with Gasteiger partial charge >= 0.3 is 5.97 Å². The molecule has 1 unspecified atom stereocenters. The number of nitriles is 1. The van der Waals surface area contributed by atoms with Crippen molar-refractivity contribution in [2.24, 2.45) is 0 Å². The highest BCUT2D eigenvalue weighted by Crippen LogP contribution is 2.35. The van der Waals surface area contributed by atoms with Gasteiger partial charge in [-0.1, -0.05) is 27.7 Å². The lowest BCUT2D eigenvalue weighted by Crippen LogP contribution is -2.16. The van der Waals surface area contributed by atoms with Crippen molar-refractivity contribution in [1.82, 2.24) is 0 Å². The van der Waals surface area contributed by atoms with Crippen LogP contribution in [0.1, 0.15) is 6.42 Å². The predicted octanol–water partition coefficient (Wildman–Crippen LogP) is 1.72. The molecule has 0 spiro atoms. The van der Waals surface area contributed by atoms with E-state index in [1.165, 1.54) is 21.6 Å².